The minimum atomic E-state index is -0.168. The largest absolute Gasteiger partial charge is 0.377 e. The van der Waals surface area contributed by atoms with E-state index in [1.54, 1.807) is 7.11 Å². The second kappa shape index (κ2) is 7.24. The Morgan fingerprint density at radius 2 is 1.70 bits per heavy atom. The lowest BCUT2D eigenvalue weighted by molar-refractivity contribution is -0.0100. The maximum Gasteiger partial charge on any atom is 0.0778 e. The van der Waals surface area contributed by atoms with Crippen LogP contribution in [-0.2, 0) is 11.2 Å². The van der Waals surface area contributed by atoms with Crippen molar-refractivity contribution in [3.05, 3.63) is 34.4 Å². The molecule has 114 valence electrons. The molecule has 1 N–H and O–H groups in total. The van der Waals surface area contributed by atoms with Crippen molar-refractivity contribution < 1.29 is 4.74 Å². The topological polar surface area (TPSA) is 21.3 Å². The van der Waals surface area contributed by atoms with E-state index in [0.717, 1.165) is 19.4 Å². The van der Waals surface area contributed by atoms with Gasteiger partial charge >= 0.3 is 0 Å². The first-order valence-corrected chi connectivity index (χ1v) is 7.67. The minimum Gasteiger partial charge on any atom is -0.377 e. The number of hydrogen-bond donors (Lipinski definition) is 1. The van der Waals surface area contributed by atoms with E-state index >= 15 is 0 Å². The van der Waals surface area contributed by atoms with Crippen molar-refractivity contribution in [2.45, 2.75) is 66.0 Å². The number of methoxy groups -OCH3 is 1. The highest BCUT2D eigenvalue weighted by Crippen LogP contribution is 2.23. The minimum absolute atomic E-state index is 0.168. The van der Waals surface area contributed by atoms with E-state index in [4.69, 9.17) is 4.74 Å². The van der Waals surface area contributed by atoms with Gasteiger partial charge in [-0.25, -0.2) is 0 Å². The second-order valence-electron chi connectivity index (χ2n) is 6.40. The summed E-state index contributed by atoms with van der Waals surface area (Å²) in [5.41, 5.74) is 5.40. The van der Waals surface area contributed by atoms with Crippen LogP contribution in [0.3, 0.4) is 0 Å². The van der Waals surface area contributed by atoms with Gasteiger partial charge in [0, 0.05) is 13.2 Å². The number of hydrogen-bond acceptors (Lipinski definition) is 2. The average molecular weight is 277 g/mol. The van der Waals surface area contributed by atoms with Crippen LogP contribution in [0, 0.1) is 20.8 Å². The standard InChI is InChI=1S/C18H31NO/c1-8-9-19-17(18(5,6)20-7)12-16-14(3)10-13(2)11-15(16)4/h10-11,17,19H,8-9,12H2,1-7H3. The molecule has 0 saturated heterocycles. The Balaban J connectivity index is 3.01. The summed E-state index contributed by atoms with van der Waals surface area (Å²) >= 11 is 0. The van der Waals surface area contributed by atoms with Crippen molar-refractivity contribution in [1.29, 1.82) is 0 Å². The summed E-state index contributed by atoms with van der Waals surface area (Å²) in [6, 6.07) is 4.88. The van der Waals surface area contributed by atoms with Gasteiger partial charge in [-0.05, 0) is 70.7 Å². The van der Waals surface area contributed by atoms with Gasteiger partial charge in [0.1, 0.15) is 0 Å². The Bertz CT molecular complexity index is 414. The molecule has 1 rings (SSSR count). The van der Waals surface area contributed by atoms with Crippen LogP contribution in [0.25, 0.3) is 0 Å². The van der Waals surface area contributed by atoms with Gasteiger partial charge in [-0.1, -0.05) is 24.6 Å². The fraction of sp³-hybridized carbons (Fsp3) is 0.667. The fourth-order valence-electron chi connectivity index (χ4n) is 2.76. The van der Waals surface area contributed by atoms with Crippen molar-refractivity contribution in [3.8, 4) is 0 Å². The summed E-state index contributed by atoms with van der Waals surface area (Å²) in [5, 5.41) is 3.65. The molecule has 0 amide bonds. The van der Waals surface area contributed by atoms with Gasteiger partial charge in [0.25, 0.3) is 0 Å². The van der Waals surface area contributed by atoms with E-state index in [0.29, 0.717) is 6.04 Å². The monoisotopic (exact) mass is 277 g/mol. The van der Waals surface area contributed by atoms with Gasteiger partial charge < -0.3 is 10.1 Å². The molecule has 0 aromatic heterocycles. The maximum atomic E-state index is 5.71. The van der Waals surface area contributed by atoms with Crippen LogP contribution in [0.4, 0.5) is 0 Å². The Hall–Kier alpha value is -0.860. The molecule has 1 atom stereocenters. The van der Waals surface area contributed by atoms with Crippen molar-refractivity contribution >= 4 is 0 Å². The first-order chi connectivity index (χ1) is 9.31. The summed E-state index contributed by atoms with van der Waals surface area (Å²) in [6.07, 6.45) is 2.15. The van der Waals surface area contributed by atoms with E-state index in [2.05, 4.69) is 59.0 Å². The molecule has 0 fully saturated rings. The molecule has 1 unspecified atom stereocenters. The highest BCUT2D eigenvalue weighted by atomic mass is 16.5. The van der Waals surface area contributed by atoms with Crippen LogP contribution in [0.2, 0.25) is 0 Å². The molecule has 0 spiro atoms. The molecule has 0 aliphatic carbocycles. The van der Waals surface area contributed by atoms with Crippen LogP contribution in [0.5, 0.6) is 0 Å². The molecule has 1 aromatic rings. The van der Waals surface area contributed by atoms with Crippen LogP contribution in [0.1, 0.15) is 49.4 Å². The summed E-state index contributed by atoms with van der Waals surface area (Å²) in [5.74, 6) is 0. The highest BCUT2D eigenvalue weighted by Gasteiger charge is 2.29. The van der Waals surface area contributed by atoms with Gasteiger partial charge in [-0.3, -0.25) is 0 Å². The molecular weight excluding hydrogens is 246 g/mol. The molecule has 0 aliphatic heterocycles. The Morgan fingerprint density at radius 1 is 1.15 bits per heavy atom. The van der Waals surface area contributed by atoms with Gasteiger partial charge in [-0.2, -0.15) is 0 Å². The number of aryl methyl sites for hydroxylation is 3. The lowest BCUT2D eigenvalue weighted by Crippen LogP contribution is -2.49. The summed E-state index contributed by atoms with van der Waals surface area (Å²) < 4.78 is 5.71. The van der Waals surface area contributed by atoms with E-state index < -0.39 is 0 Å². The van der Waals surface area contributed by atoms with Crippen LogP contribution in [0.15, 0.2) is 12.1 Å². The first-order valence-electron chi connectivity index (χ1n) is 7.67. The third-order valence-corrected chi connectivity index (χ3v) is 4.25. The van der Waals surface area contributed by atoms with Crippen molar-refractivity contribution in [2.75, 3.05) is 13.7 Å². The molecule has 0 radical (unpaired) electrons. The molecule has 2 heteroatoms. The number of rotatable bonds is 7. The zero-order valence-corrected chi connectivity index (χ0v) is 14.3. The van der Waals surface area contributed by atoms with Crippen LogP contribution >= 0.6 is 0 Å². The molecule has 0 saturated carbocycles. The summed E-state index contributed by atoms with van der Waals surface area (Å²) in [7, 11) is 1.80. The quantitative estimate of drug-likeness (QED) is 0.815. The lowest BCUT2D eigenvalue weighted by atomic mass is 9.87. The fourth-order valence-corrected chi connectivity index (χ4v) is 2.76. The van der Waals surface area contributed by atoms with Crippen molar-refractivity contribution in [3.63, 3.8) is 0 Å². The van der Waals surface area contributed by atoms with Crippen molar-refractivity contribution in [1.82, 2.24) is 5.32 Å². The normalized spacial score (nSPS) is 13.6. The van der Waals surface area contributed by atoms with E-state index in [9.17, 15) is 0 Å². The Labute approximate surface area is 124 Å². The second-order valence-corrected chi connectivity index (χ2v) is 6.40. The molecule has 0 bridgehead atoms. The predicted octanol–water partition coefficient (Wildman–Crippen LogP) is 3.95. The number of ether oxygens (including phenoxy) is 1. The van der Waals surface area contributed by atoms with Crippen LogP contribution in [-0.4, -0.2) is 25.3 Å². The van der Waals surface area contributed by atoms with Gasteiger partial charge in [0.05, 0.1) is 5.60 Å². The first kappa shape index (κ1) is 17.2. The molecule has 20 heavy (non-hydrogen) atoms. The SMILES string of the molecule is CCCNC(Cc1c(C)cc(C)cc1C)C(C)(C)OC. The van der Waals surface area contributed by atoms with Crippen molar-refractivity contribution in [2.24, 2.45) is 0 Å². The smallest absolute Gasteiger partial charge is 0.0778 e. The average Bonchev–Trinajstić information content (AvgIpc) is 2.36. The third kappa shape index (κ3) is 4.32. The summed E-state index contributed by atoms with van der Waals surface area (Å²) in [6.45, 7) is 14.2. The summed E-state index contributed by atoms with van der Waals surface area (Å²) in [4.78, 5) is 0. The molecule has 0 heterocycles. The van der Waals surface area contributed by atoms with E-state index in [1.807, 2.05) is 0 Å². The number of benzene rings is 1. The predicted molar refractivity (Wildman–Crippen MR) is 87.5 cm³/mol. The van der Waals surface area contributed by atoms with E-state index in [1.165, 1.54) is 22.3 Å². The molecular formula is C18H31NO. The zero-order chi connectivity index (χ0) is 15.3. The highest BCUT2D eigenvalue weighted by molar-refractivity contribution is 5.38. The Morgan fingerprint density at radius 3 is 2.15 bits per heavy atom. The van der Waals surface area contributed by atoms with Gasteiger partial charge in [0.2, 0.25) is 0 Å². The molecule has 1 aromatic carbocycles. The van der Waals surface area contributed by atoms with Crippen LogP contribution < -0.4 is 5.32 Å². The third-order valence-electron chi connectivity index (χ3n) is 4.25. The lowest BCUT2D eigenvalue weighted by Gasteiger charge is -2.35. The Kier molecular flexibility index (Phi) is 6.22. The zero-order valence-electron chi connectivity index (χ0n) is 14.3. The number of nitrogens with one attached hydrogen (secondary N) is 1. The molecule has 2 nitrogen and oxygen atoms in total. The molecule has 0 aliphatic rings. The van der Waals surface area contributed by atoms with E-state index in [-0.39, 0.29) is 5.60 Å². The van der Waals surface area contributed by atoms with Gasteiger partial charge in [0.15, 0.2) is 0 Å². The van der Waals surface area contributed by atoms with Gasteiger partial charge in [-0.15, -0.1) is 0 Å². The maximum absolute atomic E-state index is 5.71.